The number of nitrogens with zero attached hydrogens (tertiary/aromatic N) is 1. The van der Waals surface area contributed by atoms with Crippen LogP contribution in [0, 0.1) is 6.92 Å². The monoisotopic (exact) mass is 390 g/mol. The number of aryl methyl sites for hydroxylation is 1. The molecule has 3 aromatic rings. The van der Waals surface area contributed by atoms with E-state index in [0.717, 1.165) is 17.5 Å². The Morgan fingerprint density at radius 1 is 1.03 bits per heavy atom. The van der Waals surface area contributed by atoms with E-state index in [-0.39, 0.29) is 5.91 Å². The Morgan fingerprint density at radius 3 is 2.07 bits per heavy atom. The summed E-state index contributed by atoms with van der Waals surface area (Å²) >= 11 is 0. The van der Waals surface area contributed by atoms with E-state index < -0.39 is 17.5 Å². The van der Waals surface area contributed by atoms with Crippen LogP contribution in [0.15, 0.2) is 71.3 Å². The molecule has 2 aromatic carbocycles. The van der Waals surface area contributed by atoms with E-state index in [1.165, 1.54) is 0 Å². The van der Waals surface area contributed by atoms with Crippen LogP contribution in [-0.2, 0) is 14.3 Å². The number of amides is 1. The van der Waals surface area contributed by atoms with Gasteiger partial charge in [-0.2, -0.15) is 0 Å². The fraction of sp³-hybridized carbons (Fsp3) is 0.261. The number of rotatable bonds is 6. The second-order valence-corrected chi connectivity index (χ2v) is 7.30. The van der Waals surface area contributed by atoms with E-state index >= 15 is 0 Å². The van der Waals surface area contributed by atoms with E-state index in [0.29, 0.717) is 24.4 Å². The molecule has 1 aromatic heterocycles. The number of nitrogens with one attached hydrogen (secondary N) is 1. The van der Waals surface area contributed by atoms with Gasteiger partial charge in [0, 0.05) is 6.07 Å². The molecule has 1 amide bonds. The molecule has 0 unspecified atom stereocenters. The van der Waals surface area contributed by atoms with Gasteiger partial charge >= 0.3 is 5.97 Å². The lowest BCUT2D eigenvalue weighted by Gasteiger charge is -2.39. The van der Waals surface area contributed by atoms with Crippen LogP contribution in [0.1, 0.15) is 42.1 Å². The Labute approximate surface area is 168 Å². The van der Waals surface area contributed by atoms with Crippen molar-refractivity contribution in [1.82, 2.24) is 5.16 Å². The van der Waals surface area contributed by atoms with Crippen LogP contribution in [0.4, 0.5) is 5.82 Å². The molecule has 6 heteroatoms. The Morgan fingerprint density at radius 2 is 1.62 bits per heavy atom. The quantitative estimate of drug-likeness (QED) is 0.638. The van der Waals surface area contributed by atoms with Gasteiger partial charge in [-0.1, -0.05) is 65.8 Å². The first-order valence-electron chi connectivity index (χ1n) is 9.65. The van der Waals surface area contributed by atoms with E-state index in [9.17, 15) is 9.59 Å². The molecule has 0 aliphatic heterocycles. The number of benzene rings is 2. The van der Waals surface area contributed by atoms with Gasteiger partial charge in [-0.05, 0) is 37.3 Å². The van der Waals surface area contributed by atoms with Gasteiger partial charge < -0.3 is 14.6 Å². The minimum atomic E-state index is -1.17. The maximum absolute atomic E-state index is 13.3. The molecule has 1 aliphatic carbocycles. The molecule has 0 radical (unpaired) electrons. The number of ether oxygens (including phenoxy) is 1. The minimum absolute atomic E-state index is 0.317. The average Bonchev–Trinajstić information content (AvgIpc) is 3.11. The lowest BCUT2D eigenvalue weighted by Crippen LogP contribution is -2.52. The SMILES string of the molecule is Cc1cc(NC(=O)C2(OC(=O)C(c3ccccc3)c3ccccc3)CCC2)no1. The van der Waals surface area contributed by atoms with E-state index in [4.69, 9.17) is 9.26 Å². The highest BCUT2D eigenvalue weighted by Gasteiger charge is 2.49. The number of esters is 1. The van der Waals surface area contributed by atoms with E-state index in [1.54, 1.807) is 13.0 Å². The summed E-state index contributed by atoms with van der Waals surface area (Å²) in [5, 5.41) is 6.50. The number of carbonyl (C=O) groups is 2. The molecule has 0 atom stereocenters. The molecule has 0 spiro atoms. The normalized spacial score (nSPS) is 14.8. The first-order chi connectivity index (χ1) is 14.1. The van der Waals surface area contributed by atoms with Crippen LogP contribution in [0.3, 0.4) is 0 Å². The molecular weight excluding hydrogens is 368 g/mol. The lowest BCUT2D eigenvalue weighted by molar-refractivity contribution is -0.176. The molecule has 1 heterocycles. The van der Waals surface area contributed by atoms with Crippen molar-refractivity contribution in [3.63, 3.8) is 0 Å². The predicted octanol–water partition coefficient (Wildman–Crippen LogP) is 4.22. The minimum Gasteiger partial charge on any atom is -0.448 e. The van der Waals surface area contributed by atoms with Crippen molar-refractivity contribution in [2.45, 2.75) is 37.7 Å². The maximum Gasteiger partial charge on any atom is 0.318 e. The van der Waals surface area contributed by atoms with Crippen LogP contribution in [0.5, 0.6) is 0 Å². The van der Waals surface area contributed by atoms with Gasteiger partial charge in [0.1, 0.15) is 11.7 Å². The lowest BCUT2D eigenvalue weighted by atomic mass is 9.78. The van der Waals surface area contributed by atoms with Crippen molar-refractivity contribution in [1.29, 1.82) is 0 Å². The molecule has 0 bridgehead atoms. The van der Waals surface area contributed by atoms with Gasteiger partial charge in [0.25, 0.3) is 5.91 Å². The third kappa shape index (κ3) is 3.92. The highest BCUT2D eigenvalue weighted by molar-refractivity contribution is 5.99. The van der Waals surface area contributed by atoms with E-state index in [1.807, 2.05) is 60.7 Å². The van der Waals surface area contributed by atoms with Crippen molar-refractivity contribution in [3.8, 4) is 0 Å². The molecule has 148 valence electrons. The van der Waals surface area contributed by atoms with Crippen molar-refractivity contribution >= 4 is 17.7 Å². The molecule has 0 saturated heterocycles. The predicted molar refractivity (Wildman–Crippen MR) is 107 cm³/mol. The second kappa shape index (κ2) is 7.91. The van der Waals surface area contributed by atoms with E-state index in [2.05, 4.69) is 10.5 Å². The number of anilines is 1. The third-order valence-electron chi connectivity index (χ3n) is 5.24. The van der Waals surface area contributed by atoms with Crippen molar-refractivity contribution < 1.29 is 18.8 Å². The summed E-state index contributed by atoms with van der Waals surface area (Å²) in [6.07, 6.45) is 1.79. The van der Waals surface area contributed by atoms with Gasteiger partial charge in [-0.25, -0.2) is 0 Å². The molecule has 1 fully saturated rings. The topological polar surface area (TPSA) is 81.4 Å². The molecular formula is C23H22N2O4. The smallest absolute Gasteiger partial charge is 0.318 e. The van der Waals surface area contributed by atoms with Gasteiger partial charge in [0.15, 0.2) is 11.4 Å². The molecule has 1 saturated carbocycles. The fourth-order valence-electron chi connectivity index (χ4n) is 3.54. The molecule has 29 heavy (non-hydrogen) atoms. The summed E-state index contributed by atoms with van der Waals surface area (Å²) in [4.78, 5) is 26.2. The summed E-state index contributed by atoms with van der Waals surface area (Å²) in [6, 6.07) is 20.5. The zero-order valence-corrected chi connectivity index (χ0v) is 16.1. The van der Waals surface area contributed by atoms with Crippen molar-refractivity contribution in [3.05, 3.63) is 83.6 Å². The van der Waals surface area contributed by atoms with Crippen LogP contribution in [-0.4, -0.2) is 22.6 Å². The van der Waals surface area contributed by atoms with Crippen molar-refractivity contribution in [2.24, 2.45) is 0 Å². The average molecular weight is 390 g/mol. The standard InChI is InChI=1S/C23H22N2O4/c1-16-15-19(25-29-16)24-22(27)23(13-8-14-23)28-21(26)20(17-9-4-2-5-10-17)18-11-6-3-7-12-18/h2-7,9-12,15,20H,8,13-14H2,1H3,(H,24,25,27). The zero-order valence-electron chi connectivity index (χ0n) is 16.1. The highest BCUT2D eigenvalue weighted by atomic mass is 16.6. The number of hydrogen-bond acceptors (Lipinski definition) is 5. The molecule has 1 aliphatic rings. The highest BCUT2D eigenvalue weighted by Crippen LogP contribution is 2.39. The summed E-state index contributed by atoms with van der Waals surface area (Å²) in [5.74, 6) is -0.499. The Kier molecular flexibility index (Phi) is 5.16. The number of aromatic nitrogens is 1. The van der Waals surface area contributed by atoms with Gasteiger partial charge in [0.2, 0.25) is 0 Å². The summed E-state index contributed by atoms with van der Waals surface area (Å²) in [7, 11) is 0. The largest absolute Gasteiger partial charge is 0.448 e. The molecule has 1 N–H and O–H groups in total. The fourth-order valence-corrected chi connectivity index (χ4v) is 3.54. The third-order valence-corrected chi connectivity index (χ3v) is 5.24. The Hall–Kier alpha value is -3.41. The van der Waals surface area contributed by atoms with Crippen LogP contribution in [0.2, 0.25) is 0 Å². The first-order valence-corrected chi connectivity index (χ1v) is 9.65. The van der Waals surface area contributed by atoms with Gasteiger partial charge in [-0.15, -0.1) is 0 Å². The van der Waals surface area contributed by atoms with Crippen LogP contribution >= 0.6 is 0 Å². The van der Waals surface area contributed by atoms with Crippen molar-refractivity contribution in [2.75, 3.05) is 5.32 Å². The second-order valence-electron chi connectivity index (χ2n) is 7.30. The summed E-state index contributed by atoms with van der Waals surface area (Å²) in [5.41, 5.74) is 0.475. The van der Waals surface area contributed by atoms with Gasteiger partial charge in [0.05, 0.1) is 0 Å². The molecule has 4 rings (SSSR count). The van der Waals surface area contributed by atoms with Gasteiger partial charge in [-0.3, -0.25) is 9.59 Å². The van der Waals surface area contributed by atoms with Crippen LogP contribution < -0.4 is 5.32 Å². The summed E-state index contributed by atoms with van der Waals surface area (Å²) in [6.45, 7) is 1.74. The number of hydrogen-bond donors (Lipinski definition) is 1. The Balaban J connectivity index is 1.58. The number of carbonyl (C=O) groups excluding carboxylic acids is 2. The zero-order chi connectivity index (χ0) is 20.3. The molecule has 6 nitrogen and oxygen atoms in total. The first kappa shape index (κ1) is 18.9. The maximum atomic E-state index is 13.3. The van der Waals surface area contributed by atoms with Crippen LogP contribution in [0.25, 0.3) is 0 Å². The summed E-state index contributed by atoms with van der Waals surface area (Å²) < 4.78 is 10.9. The Bertz CT molecular complexity index is 954.